The van der Waals surface area contributed by atoms with Gasteiger partial charge in [-0.1, -0.05) is 18.5 Å². The normalized spacial score (nSPS) is 29.2. The lowest BCUT2D eigenvalue weighted by molar-refractivity contribution is -0.958. The second-order valence-electron chi connectivity index (χ2n) is 8.25. The van der Waals surface area contributed by atoms with Crippen LogP contribution in [0.5, 0.6) is 0 Å². The van der Waals surface area contributed by atoms with Crippen LogP contribution in [0.25, 0.3) is 0 Å². The lowest BCUT2D eigenvalue weighted by atomic mass is 9.84. The van der Waals surface area contributed by atoms with E-state index in [0.29, 0.717) is 0 Å². The molecule has 1 heterocycles. The van der Waals surface area contributed by atoms with Gasteiger partial charge in [-0.25, -0.2) is 0 Å². The van der Waals surface area contributed by atoms with Crippen LogP contribution in [0.1, 0.15) is 35.1 Å². The number of hydrogen-bond donors (Lipinski definition) is 1. The second kappa shape index (κ2) is 5.69. The van der Waals surface area contributed by atoms with Crippen LogP contribution < -0.4 is 5.73 Å². The van der Waals surface area contributed by atoms with E-state index < -0.39 is 0 Å². The van der Waals surface area contributed by atoms with Crippen molar-refractivity contribution in [2.24, 2.45) is 11.7 Å². The van der Waals surface area contributed by atoms with E-state index in [2.05, 4.69) is 33.0 Å². The molecular formula is C19H30BN2+. The summed E-state index contributed by atoms with van der Waals surface area (Å²) in [5, 5.41) is 0. The van der Waals surface area contributed by atoms with Gasteiger partial charge in [0.1, 0.15) is 0 Å². The van der Waals surface area contributed by atoms with E-state index >= 15 is 0 Å². The minimum atomic E-state index is 0.177. The number of likely N-dealkylation sites (N-methyl/N-ethyl adjacent to an activating group) is 1. The summed E-state index contributed by atoms with van der Waals surface area (Å²) in [6.07, 6.45) is 5.41. The SMILES string of the molecule is [B]CCc1ccc(CC2C[N+](C)(CC3(N)CC3)C2)c(C)c1C. The average molecular weight is 297 g/mol. The number of rotatable bonds is 6. The molecule has 1 aliphatic heterocycles. The summed E-state index contributed by atoms with van der Waals surface area (Å²) in [5.41, 5.74) is 12.3. The lowest BCUT2D eigenvalue weighted by Crippen LogP contribution is -2.65. The highest BCUT2D eigenvalue weighted by molar-refractivity contribution is 6.08. The van der Waals surface area contributed by atoms with Crippen LogP contribution in [-0.4, -0.2) is 44.6 Å². The van der Waals surface area contributed by atoms with Gasteiger partial charge in [0.25, 0.3) is 0 Å². The van der Waals surface area contributed by atoms with Gasteiger partial charge in [-0.15, -0.1) is 0 Å². The molecule has 0 unspecified atom stereocenters. The fourth-order valence-corrected chi connectivity index (χ4v) is 4.42. The van der Waals surface area contributed by atoms with Gasteiger partial charge in [0.15, 0.2) is 0 Å². The summed E-state index contributed by atoms with van der Waals surface area (Å²) in [5.74, 6) is 0.825. The van der Waals surface area contributed by atoms with Crippen LogP contribution in [-0.2, 0) is 12.8 Å². The first-order chi connectivity index (χ1) is 10.3. The topological polar surface area (TPSA) is 26.0 Å². The van der Waals surface area contributed by atoms with Gasteiger partial charge < -0.3 is 10.2 Å². The standard InChI is InChI=1S/C19H30BN2/c1-14-15(2)18(5-4-17(14)6-9-20)10-16-11-22(3,12-16)13-19(21)7-8-19/h4-5,16H,6-13,21H2,1-3H3/q+1. The first-order valence-electron chi connectivity index (χ1n) is 8.75. The fraction of sp³-hybridized carbons (Fsp3) is 0.684. The van der Waals surface area contributed by atoms with Gasteiger partial charge in [-0.2, -0.15) is 0 Å². The van der Waals surface area contributed by atoms with Crippen molar-refractivity contribution in [3.8, 4) is 0 Å². The summed E-state index contributed by atoms with van der Waals surface area (Å²) >= 11 is 0. The minimum Gasteiger partial charge on any atom is -0.324 e. The Labute approximate surface area is 137 Å². The molecule has 0 aromatic heterocycles. The highest BCUT2D eigenvalue weighted by Gasteiger charge is 2.50. The number of nitrogens with zero attached hydrogens (tertiary/aromatic N) is 1. The van der Waals surface area contributed by atoms with Crippen LogP contribution in [0, 0.1) is 19.8 Å². The lowest BCUT2D eigenvalue weighted by Gasteiger charge is -2.49. The fourth-order valence-electron chi connectivity index (χ4n) is 4.42. The Bertz CT molecular complexity index is 557. The Morgan fingerprint density at radius 3 is 2.36 bits per heavy atom. The number of benzene rings is 1. The molecule has 2 aliphatic rings. The smallest absolute Gasteiger partial charge is 0.0967 e. The first kappa shape index (κ1) is 16.1. The Morgan fingerprint density at radius 1 is 1.18 bits per heavy atom. The molecule has 3 heteroatoms. The van der Waals surface area contributed by atoms with E-state index in [9.17, 15) is 0 Å². The second-order valence-corrected chi connectivity index (χ2v) is 8.25. The van der Waals surface area contributed by atoms with E-state index in [1.165, 1.54) is 65.6 Å². The van der Waals surface area contributed by atoms with Crippen LogP contribution >= 0.6 is 0 Å². The third-order valence-electron chi connectivity index (χ3n) is 5.92. The molecule has 2 fully saturated rings. The molecule has 1 saturated heterocycles. The predicted molar refractivity (Wildman–Crippen MR) is 94.3 cm³/mol. The maximum Gasteiger partial charge on any atom is 0.0967 e. The zero-order chi connectivity index (χ0) is 16.0. The van der Waals surface area contributed by atoms with Gasteiger partial charge in [0.2, 0.25) is 0 Å². The van der Waals surface area contributed by atoms with E-state index in [4.69, 9.17) is 13.6 Å². The van der Waals surface area contributed by atoms with Crippen LogP contribution in [0.2, 0.25) is 6.32 Å². The molecule has 1 aromatic carbocycles. The molecule has 1 aliphatic carbocycles. The number of nitrogens with two attached hydrogens (primary N) is 1. The van der Waals surface area contributed by atoms with Crippen molar-refractivity contribution in [3.05, 3.63) is 34.4 Å². The van der Waals surface area contributed by atoms with Gasteiger partial charge >= 0.3 is 0 Å². The minimum absolute atomic E-state index is 0.177. The first-order valence-corrected chi connectivity index (χ1v) is 8.75. The van der Waals surface area contributed by atoms with E-state index in [-0.39, 0.29) is 5.54 Å². The third kappa shape index (κ3) is 3.26. The molecule has 0 amide bonds. The van der Waals surface area contributed by atoms with Crippen molar-refractivity contribution in [1.29, 1.82) is 0 Å². The summed E-state index contributed by atoms with van der Waals surface area (Å²) in [7, 11) is 8.08. The summed E-state index contributed by atoms with van der Waals surface area (Å²) in [6, 6.07) is 4.62. The van der Waals surface area contributed by atoms with E-state index in [1.807, 2.05) is 0 Å². The molecule has 118 valence electrons. The molecule has 2 nitrogen and oxygen atoms in total. The molecule has 1 aromatic rings. The molecule has 0 spiro atoms. The highest BCUT2D eigenvalue weighted by atomic mass is 15.4. The Balaban J connectivity index is 1.60. The van der Waals surface area contributed by atoms with Crippen molar-refractivity contribution < 1.29 is 4.48 Å². The summed E-state index contributed by atoms with van der Waals surface area (Å²) < 4.78 is 1.18. The Kier molecular flexibility index (Phi) is 4.15. The zero-order valence-electron chi connectivity index (χ0n) is 14.5. The van der Waals surface area contributed by atoms with Gasteiger partial charge in [0, 0.05) is 0 Å². The highest BCUT2D eigenvalue weighted by Crippen LogP contribution is 2.38. The molecule has 2 radical (unpaired) electrons. The van der Waals surface area contributed by atoms with Gasteiger partial charge in [0.05, 0.1) is 46.0 Å². The average Bonchev–Trinajstić information content (AvgIpc) is 3.13. The zero-order valence-corrected chi connectivity index (χ0v) is 14.5. The number of aryl methyl sites for hydroxylation is 1. The monoisotopic (exact) mass is 297 g/mol. The summed E-state index contributed by atoms with van der Waals surface area (Å²) in [6.45, 7) is 8.29. The molecule has 0 bridgehead atoms. The van der Waals surface area contributed by atoms with Crippen molar-refractivity contribution >= 4 is 7.85 Å². The van der Waals surface area contributed by atoms with Crippen molar-refractivity contribution in [2.45, 2.75) is 51.4 Å². The maximum absolute atomic E-state index is 6.30. The van der Waals surface area contributed by atoms with Crippen molar-refractivity contribution in [3.63, 3.8) is 0 Å². The Hall–Kier alpha value is -0.795. The molecular weight excluding hydrogens is 267 g/mol. The molecule has 0 atom stereocenters. The van der Waals surface area contributed by atoms with Crippen LogP contribution in [0.4, 0.5) is 0 Å². The van der Waals surface area contributed by atoms with E-state index in [0.717, 1.165) is 18.7 Å². The number of quaternary nitrogens is 1. The van der Waals surface area contributed by atoms with Crippen molar-refractivity contribution in [1.82, 2.24) is 0 Å². The number of hydrogen-bond acceptors (Lipinski definition) is 1. The molecule has 1 saturated carbocycles. The molecule has 3 rings (SSSR count). The quantitative estimate of drug-likeness (QED) is 0.634. The van der Waals surface area contributed by atoms with Crippen LogP contribution in [0.3, 0.4) is 0 Å². The van der Waals surface area contributed by atoms with Crippen molar-refractivity contribution in [2.75, 3.05) is 26.7 Å². The third-order valence-corrected chi connectivity index (χ3v) is 5.92. The van der Waals surface area contributed by atoms with Gasteiger partial charge in [-0.3, -0.25) is 0 Å². The summed E-state index contributed by atoms with van der Waals surface area (Å²) in [4.78, 5) is 0. The molecule has 22 heavy (non-hydrogen) atoms. The van der Waals surface area contributed by atoms with Gasteiger partial charge in [-0.05, 0) is 61.8 Å². The predicted octanol–water partition coefficient (Wildman–Crippen LogP) is 2.54. The largest absolute Gasteiger partial charge is 0.324 e. The van der Waals surface area contributed by atoms with Crippen LogP contribution in [0.15, 0.2) is 12.1 Å². The number of likely N-dealkylation sites (tertiary alicyclic amines) is 1. The Morgan fingerprint density at radius 2 is 1.77 bits per heavy atom. The van der Waals surface area contributed by atoms with E-state index in [1.54, 1.807) is 0 Å². The molecule has 2 N–H and O–H groups in total. The maximum atomic E-state index is 6.30.